The molecule has 2 rings (SSSR count). The number of hydrogen-bond acceptors (Lipinski definition) is 3. The number of carbonyl (C=O) groups is 1. The van der Waals surface area contributed by atoms with E-state index in [1.165, 1.54) is 0 Å². The van der Waals surface area contributed by atoms with Gasteiger partial charge in [0, 0.05) is 28.1 Å². The van der Waals surface area contributed by atoms with Crippen LogP contribution >= 0.6 is 11.3 Å². The minimum Gasteiger partial charge on any atom is -0.384 e. The average Bonchev–Trinajstić information content (AvgIpc) is 3.11. The standard InChI is InChI=1S/C16H18N2O2S/c1-12(2)18-7-3-6-15(18)16(20)17-10-14-9-13(11-21-14)5-4-8-19/h3,6-7,9,11-12,19H,8,10H2,1-2H3,(H,17,20). The van der Waals surface area contributed by atoms with E-state index in [9.17, 15) is 4.79 Å². The summed E-state index contributed by atoms with van der Waals surface area (Å²) in [6, 6.07) is 5.88. The Hall–Kier alpha value is -2.03. The number of rotatable bonds is 4. The van der Waals surface area contributed by atoms with Gasteiger partial charge in [0.25, 0.3) is 5.91 Å². The summed E-state index contributed by atoms with van der Waals surface area (Å²) < 4.78 is 1.95. The molecule has 0 atom stereocenters. The maximum Gasteiger partial charge on any atom is 0.268 e. The molecule has 0 bridgehead atoms. The van der Waals surface area contributed by atoms with Gasteiger partial charge in [-0.15, -0.1) is 11.3 Å². The van der Waals surface area contributed by atoms with Crippen molar-refractivity contribution in [1.29, 1.82) is 0 Å². The molecule has 0 aromatic carbocycles. The topological polar surface area (TPSA) is 54.3 Å². The molecular formula is C16H18N2O2S. The number of aromatic nitrogens is 1. The Kier molecular flexibility index (Phi) is 5.20. The molecule has 0 fully saturated rings. The molecule has 1 amide bonds. The second-order valence-corrected chi connectivity index (χ2v) is 5.83. The van der Waals surface area contributed by atoms with Crippen LogP contribution in [0.1, 0.15) is 40.8 Å². The highest BCUT2D eigenvalue weighted by atomic mass is 32.1. The van der Waals surface area contributed by atoms with Crippen molar-refractivity contribution in [3.05, 3.63) is 45.9 Å². The predicted octanol–water partition coefficient (Wildman–Crippen LogP) is 2.40. The molecule has 0 aliphatic carbocycles. The largest absolute Gasteiger partial charge is 0.384 e. The van der Waals surface area contributed by atoms with Gasteiger partial charge in [-0.05, 0) is 32.0 Å². The van der Waals surface area contributed by atoms with Gasteiger partial charge in [0.15, 0.2) is 0 Å². The van der Waals surface area contributed by atoms with Crippen molar-refractivity contribution < 1.29 is 9.90 Å². The maximum atomic E-state index is 12.2. The summed E-state index contributed by atoms with van der Waals surface area (Å²) in [5, 5.41) is 13.5. The van der Waals surface area contributed by atoms with Gasteiger partial charge in [-0.1, -0.05) is 11.8 Å². The highest BCUT2D eigenvalue weighted by Crippen LogP contribution is 2.15. The number of amides is 1. The number of aliphatic hydroxyl groups is 1. The summed E-state index contributed by atoms with van der Waals surface area (Å²) in [4.78, 5) is 13.2. The first kappa shape index (κ1) is 15.4. The fourth-order valence-electron chi connectivity index (χ4n) is 1.97. The fraction of sp³-hybridized carbons (Fsp3) is 0.312. The first-order chi connectivity index (χ1) is 10.1. The summed E-state index contributed by atoms with van der Waals surface area (Å²) in [5.41, 5.74) is 1.53. The summed E-state index contributed by atoms with van der Waals surface area (Å²) in [6.45, 7) is 4.42. The third-order valence-electron chi connectivity index (χ3n) is 2.96. The van der Waals surface area contributed by atoms with Crippen molar-refractivity contribution in [3.63, 3.8) is 0 Å². The lowest BCUT2D eigenvalue weighted by Gasteiger charge is -2.12. The lowest BCUT2D eigenvalue weighted by Crippen LogP contribution is -2.25. The Morgan fingerprint density at radius 1 is 1.52 bits per heavy atom. The molecule has 0 saturated carbocycles. The van der Waals surface area contributed by atoms with Gasteiger partial charge in [0.2, 0.25) is 0 Å². The lowest BCUT2D eigenvalue weighted by atomic mass is 10.3. The van der Waals surface area contributed by atoms with E-state index in [-0.39, 0.29) is 18.6 Å². The molecule has 0 radical (unpaired) electrons. The molecular weight excluding hydrogens is 284 g/mol. The first-order valence-electron chi connectivity index (χ1n) is 6.74. The summed E-state index contributed by atoms with van der Waals surface area (Å²) in [7, 11) is 0. The average molecular weight is 302 g/mol. The van der Waals surface area contributed by atoms with Gasteiger partial charge in [0.1, 0.15) is 12.3 Å². The Labute approximate surface area is 128 Å². The van der Waals surface area contributed by atoms with Crippen LogP contribution in [0.3, 0.4) is 0 Å². The van der Waals surface area contributed by atoms with Crippen LogP contribution < -0.4 is 5.32 Å². The minimum atomic E-state index is -0.145. The van der Waals surface area contributed by atoms with E-state index in [2.05, 4.69) is 17.2 Å². The van der Waals surface area contributed by atoms with Crippen molar-refractivity contribution in [1.82, 2.24) is 9.88 Å². The Morgan fingerprint density at radius 3 is 3.05 bits per heavy atom. The van der Waals surface area contributed by atoms with Crippen LogP contribution in [-0.4, -0.2) is 22.2 Å². The van der Waals surface area contributed by atoms with Gasteiger partial charge < -0.3 is 15.0 Å². The number of nitrogens with one attached hydrogen (secondary N) is 1. The quantitative estimate of drug-likeness (QED) is 0.852. The molecule has 0 saturated heterocycles. The number of aliphatic hydroxyl groups excluding tert-OH is 1. The molecule has 2 aromatic heterocycles. The van der Waals surface area contributed by atoms with Crippen LogP contribution in [0.25, 0.3) is 0 Å². The van der Waals surface area contributed by atoms with E-state index in [0.717, 1.165) is 10.4 Å². The van der Waals surface area contributed by atoms with Gasteiger partial charge in [0.05, 0.1) is 6.54 Å². The summed E-state index contributed by atoms with van der Waals surface area (Å²) >= 11 is 1.54. The second-order valence-electron chi connectivity index (χ2n) is 4.84. The SMILES string of the molecule is CC(C)n1cccc1C(=O)NCc1cc(C#CCO)cs1. The predicted molar refractivity (Wildman–Crippen MR) is 84.3 cm³/mol. The van der Waals surface area contributed by atoms with Crippen LogP contribution in [-0.2, 0) is 6.54 Å². The highest BCUT2D eigenvalue weighted by molar-refractivity contribution is 7.10. The third-order valence-corrected chi connectivity index (χ3v) is 3.89. The molecule has 0 aliphatic rings. The Bertz CT molecular complexity index is 674. The zero-order chi connectivity index (χ0) is 15.2. The number of thiophene rings is 1. The molecule has 0 spiro atoms. The van der Waals surface area contributed by atoms with Crippen LogP contribution in [0.5, 0.6) is 0 Å². The van der Waals surface area contributed by atoms with E-state index < -0.39 is 0 Å². The molecule has 0 aliphatic heterocycles. The van der Waals surface area contributed by atoms with Gasteiger partial charge in [-0.3, -0.25) is 4.79 Å². The van der Waals surface area contributed by atoms with Crippen LogP contribution in [0, 0.1) is 11.8 Å². The van der Waals surface area contributed by atoms with Gasteiger partial charge in [-0.2, -0.15) is 0 Å². The molecule has 0 unspecified atom stereocenters. The van der Waals surface area contributed by atoms with Crippen molar-refractivity contribution in [2.75, 3.05) is 6.61 Å². The zero-order valence-electron chi connectivity index (χ0n) is 12.1. The van der Waals surface area contributed by atoms with E-state index in [1.807, 2.05) is 48.2 Å². The van der Waals surface area contributed by atoms with Crippen molar-refractivity contribution in [3.8, 4) is 11.8 Å². The molecule has 2 heterocycles. The normalized spacial score (nSPS) is 10.3. The summed E-state index contributed by atoms with van der Waals surface area (Å²) in [6.07, 6.45) is 1.91. The number of carbonyl (C=O) groups excluding carboxylic acids is 1. The first-order valence-corrected chi connectivity index (χ1v) is 7.62. The third kappa shape index (κ3) is 3.97. The Morgan fingerprint density at radius 2 is 2.33 bits per heavy atom. The second kappa shape index (κ2) is 7.11. The van der Waals surface area contributed by atoms with Gasteiger partial charge in [-0.25, -0.2) is 0 Å². The highest BCUT2D eigenvalue weighted by Gasteiger charge is 2.12. The Balaban J connectivity index is 1.98. The van der Waals surface area contributed by atoms with Crippen molar-refractivity contribution in [2.24, 2.45) is 0 Å². The lowest BCUT2D eigenvalue weighted by molar-refractivity contribution is 0.0940. The molecule has 4 nitrogen and oxygen atoms in total. The molecule has 21 heavy (non-hydrogen) atoms. The van der Waals surface area contributed by atoms with E-state index in [1.54, 1.807) is 11.3 Å². The molecule has 2 aromatic rings. The van der Waals surface area contributed by atoms with Crippen LogP contribution in [0.4, 0.5) is 0 Å². The van der Waals surface area contributed by atoms with Crippen molar-refractivity contribution in [2.45, 2.75) is 26.4 Å². The smallest absolute Gasteiger partial charge is 0.268 e. The zero-order valence-corrected chi connectivity index (χ0v) is 12.9. The van der Waals surface area contributed by atoms with Crippen LogP contribution in [0.15, 0.2) is 29.8 Å². The fourth-order valence-corrected chi connectivity index (χ4v) is 2.73. The minimum absolute atomic E-state index is 0.0786. The van der Waals surface area contributed by atoms with Gasteiger partial charge >= 0.3 is 0 Å². The maximum absolute atomic E-state index is 12.2. The molecule has 5 heteroatoms. The summed E-state index contributed by atoms with van der Waals surface area (Å²) in [5.74, 6) is 5.38. The molecule has 2 N–H and O–H groups in total. The van der Waals surface area contributed by atoms with Crippen molar-refractivity contribution >= 4 is 17.2 Å². The number of nitrogens with zero attached hydrogens (tertiary/aromatic N) is 1. The van der Waals surface area contributed by atoms with E-state index in [0.29, 0.717) is 12.2 Å². The molecule has 110 valence electrons. The van der Waals surface area contributed by atoms with Crippen LogP contribution in [0.2, 0.25) is 0 Å². The van der Waals surface area contributed by atoms with E-state index in [4.69, 9.17) is 5.11 Å². The number of hydrogen-bond donors (Lipinski definition) is 2. The monoisotopic (exact) mass is 302 g/mol. The van der Waals surface area contributed by atoms with E-state index >= 15 is 0 Å².